The quantitative estimate of drug-likeness (QED) is 0.444. The smallest absolute Gasteiger partial charge is 0.123 e. The molecule has 0 unspecified atom stereocenters. The predicted molar refractivity (Wildman–Crippen MR) is 130 cm³/mol. The molecule has 5 rings (SSSR count). The average molecular weight is 439 g/mol. The number of fused-ring (bicyclic) bond motifs is 1. The van der Waals surface area contributed by atoms with Crippen LogP contribution in [0.15, 0.2) is 55.0 Å². The zero-order valence-corrected chi connectivity index (χ0v) is 18.6. The fourth-order valence-corrected chi connectivity index (χ4v) is 4.04. The van der Waals surface area contributed by atoms with Crippen molar-refractivity contribution in [1.29, 1.82) is 0 Å². The molecule has 0 spiro atoms. The molecular formula is C26H23FN6. The van der Waals surface area contributed by atoms with Crippen molar-refractivity contribution in [2.75, 3.05) is 0 Å². The van der Waals surface area contributed by atoms with Gasteiger partial charge in [0.25, 0.3) is 0 Å². The number of nitrogens with zero attached hydrogens (tertiary/aromatic N) is 4. The van der Waals surface area contributed by atoms with Gasteiger partial charge in [-0.1, -0.05) is 24.8 Å². The lowest BCUT2D eigenvalue weighted by Gasteiger charge is -2.04. The summed E-state index contributed by atoms with van der Waals surface area (Å²) in [5.74, 6) is 0.656. The highest BCUT2D eigenvalue weighted by Crippen LogP contribution is 2.30. The number of rotatable bonds is 4. The van der Waals surface area contributed by atoms with E-state index in [0.29, 0.717) is 5.35 Å². The van der Waals surface area contributed by atoms with Crippen molar-refractivity contribution in [3.8, 4) is 22.5 Å². The molecule has 0 fully saturated rings. The van der Waals surface area contributed by atoms with E-state index in [2.05, 4.69) is 37.8 Å². The van der Waals surface area contributed by atoms with Gasteiger partial charge in [0.15, 0.2) is 0 Å². The van der Waals surface area contributed by atoms with E-state index in [4.69, 9.17) is 0 Å². The molecule has 2 N–H and O–H groups in total. The molecule has 0 amide bonds. The van der Waals surface area contributed by atoms with Crippen LogP contribution in [0.25, 0.3) is 51.6 Å². The zero-order valence-electron chi connectivity index (χ0n) is 18.6. The van der Waals surface area contributed by atoms with Crippen molar-refractivity contribution in [2.45, 2.75) is 13.8 Å². The largest absolute Gasteiger partial charge is 0.352 e. The maximum absolute atomic E-state index is 13.8. The van der Waals surface area contributed by atoms with E-state index in [0.717, 1.165) is 55.7 Å². The summed E-state index contributed by atoms with van der Waals surface area (Å²) in [5, 5.41) is 10.1. The molecule has 0 radical (unpaired) electrons. The first-order valence-corrected chi connectivity index (χ1v) is 10.6. The molecule has 0 aliphatic heterocycles. The summed E-state index contributed by atoms with van der Waals surface area (Å²) in [7, 11) is 2.00. The second-order valence-electron chi connectivity index (χ2n) is 7.94. The minimum atomic E-state index is -0.282. The first kappa shape index (κ1) is 20.6. The lowest BCUT2D eigenvalue weighted by atomic mass is 10.0. The van der Waals surface area contributed by atoms with Gasteiger partial charge in [-0.05, 0) is 49.3 Å². The first-order valence-electron chi connectivity index (χ1n) is 10.6. The molecule has 4 heterocycles. The molecule has 0 saturated heterocycles. The predicted octanol–water partition coefficient (Wildman–Crippen LogP) is 4.10. The number of aromatic amines is 2. The number of halogens is 1. The molecule has 0 aliphatic rings. The molecule has 7 heteroatoms. The van der Waals surface area contributed by atoms with Gasteiger partial charge in [-0.15, -0.1) is 0 Å². The fourth-order valence-electron chi connectivity index (χ4n) is 4.04. The topological polar surface area (TPSA) is 75.2 Å². The Morgan fingerprint density at radius 1 is 1.18 bits per heavy atom. The molecule has 5 aromatic rings. The lowest BCUT2D eigenvalue weighted by Crippen LogP contribution is -2.22. The van der Waals surface area contributed by atoms with E-state index < -0.39 is 0 Å². The van der Waals surface area contributed by atoms with Gasteiger partial charge in [-0.25, -0.2) is 9.37 Å². The number of nitrogens with one attached hydrogen (secondary N) is 2. The van der Waals surface area contributed by atoms with E-state index in [1.807, 2.05) is 49.9 Å². The number of aryl methyl sites for hydroxylation is 1. The highest BCUT2D eigenvalue weighted by Gasteiger charge is 2.14. The first-order chi connectivity index (χ1) is 16.0. The number of hydrogen-bond acceptors (Lipinski definition) is 3. The van der Waals surface area contributed by atoms with Gasteiger partial charge < -0.3 is 9.55 Å². The monoisotopic (exact) mass is 438 g/mol. The third-order valence-electron chi connectivity index (χ3n) is 5.95. The van der Waals surface area contributed by atoms with E-state index in [-0.39, 0.29) is 5.82 Å². The van der Waals surface area contributed by atoms with Crippen LogP contribution in [0.2, 0.25) is 0 Å². The van der Waals surface area contributed by atoms with Crippen LogP contribution in [0.1, 0.15) is 18.4 Å². The van der Waals surface area contributed by atoms with E-state index in [9.17, 15) is 4.39 Å². The van der Waals surface area contributed by atoms with Crippen LogP contribution >= 0.6 is 0 Å². The molecule has 1 aromatic carbocycles. The summed E-state index contributed by atoms with van der Waals surface area (Å²) in [4.78, 5) is 12.2. The molecular weight excluding hydrogens is 415 g/mol. The number of aromatic nitrogens is 6. The second-order valence-corrected chi connectivity index (χ2v) is 7.94. The molecule has 0 atom stereocenters. The van der Waals surface area contributed by atoms with Gasteiger partial charge >= 0.3 is 0 Å². The summed E-state index contributed by atoms with van der Waals surface area (Å²) in [6.45, 7) is 8.11. The average Bonchev–Trinajstić information content (AvgIpc) is 3.49. The summed E-state index contributed by atoms with van der Waals surface area (Å²) in [6, 6.07) is 8.55. The Hall–Kier alpha value is -4.26. The summed E-state index contributed by atoms with van der Waals surface area (Å²) in [5.41, 5.74) is 6.07. The Labute approximate surface area is 189 Å². The van der Waals surface area contributed by atoms with E-state index >= 15 is 0 Å². The van der Waals surface area contributed by atoms with Gasteiger partial charge in [-0.3, -0.25) is 10.1 Å². The highest BCUT2D eigenvalue weighted by atomic mass is 19.1. The summed E-state index contributed by atoms with van der Waals surface area (Å²) < 4.78 is 15.9. The minimum Gasteiger partial charge on any atom is -0.352 e. The van der Waals surface area contributed by atoms with Crippen molar-refractivity contribution in [1.82, 2.24) is 29.7 Å². The summed E-state index contributed by atoms with van der Waals surface area (Å²) >= 11 is 0. The second kappa shape index (κ2) is 8.02. The van der Waals surface area contributed by atoms with E-state index in [1.165, 1.54) is 12.1 Å². The normalized spacial score (nSPS) is 12.7. The van der Waals surface area contributed by atoms with Gasteiger partial charge in [0.05, 0.1) is 34.6 Å². The number of pyridine rings is 1. The third kappa shape index (κ3) is 3.57. The number of H-pyrrole nitrogens is 2. The third-order valence-corrected chi connectivity index (χ3v) is 5.95. The van der Waals surface area contributed by atoms with Crippen molar-refractivity contribution >= 4 is 29.1 Å². The molecule has 6 nitrogen and oxygen atoms in total. The molecule has 164 valence electrons. The van der Waals surface area contributed by atoms with Crippen molar-refractivity contribution in [2.24, 2.45) is 7.05 Å². The lowest BCUT2D eigenvalue weighted by molar-refractivity contribution is 0.628. The van der Waals surface area contributed by atoms with Crippen LogP contribution < -0.4 is 10.6 Å². The maximum Gasteiger partial charge on any atom is 0.123 e. The van der Waals surface area contributed by atoms with Crippen molar-refractivity contribution < 1.29 is 4.39 Å². The van der Waals surface area contributed by atoms with Gasteiger partial charge in [0, 0.05) is 29.4 Å². The van der Waals surface area contributed by atoms with E-state index in [1.54, 1.807) is 18.5 Å². The standard InChI is InChI=1S/C26H23FN6/c1-5-17(25-14-29-16(3)33(25)4)10-20-15(2)31-32-26(20)23-11-21-22(12-28-13-24(21)30-23)18-7-6-8-19(27)9-18/h5-14,30-31H,2H2,1,3-4H3/b17-5+,20-10+. The van der Waals surface area contributed by atoms with Gasteiger partial charge in [0.2, 0.25) is 0 Å². The molecule has 0 aliphatic carbocycles. The van der Waals surface area contributed by atoms with Crippen LogP contribution in [0.4, 0.5) is 4.39 Å². The fraction of sp³-hybridized carbons (Fsp3) is 0.115. The number of imidazole rings is 1. The highest BCUT2D eigenvalue weighted by molar-refractivity contribution is 5.97. The van der Waals surface area contributed by atoms with Crippen LogP contribution in [0, 0.1) is 12.7 Å². The Morgan fingerprint density at radius 3 is 2.76 bits per heavy atom. The molecule has 4 aromatic heterocycles. The Kier molecular flexibility index (Phi) is 5.01. The summed E-state index contributed by atoms with van der Waals surface area (Å²) in [6.07, 6.45) is 9.49. The Bertz CT molecular complexity index is 1630. The number of allylic oxidation sites excluding steroid dienone is 2. The van der Waals surface area contributed by atoms with Crippen LogP contribution in [0.3, 0.4) is 0 Å². The van der Waals surface area contributed by atoms with Crippen LogP contribution in [0.5, 0.6) is 0 Å². The van der Waals surface area contributed by atoms with Crippen LogP contribution in [-0.2, 0) is 7.05 Å². The molecule has 33 heavy (non-hydrogen) atoms. The van der Waals surface area contributed by atoms with Gasteiger partial charge in [0.1, 0.15) is 17.3 Å². The molecule has 0 bridgehead atoms. The molecule has 0 saturated carbocycles. The van der Waals surface area contributed by atoms with Crippen molar-refractivity contribution in [3.63, 3.8) is 0 Å². The van der Waals surface area contributed by atoms with Crippen LogP contribution in [-0.4, -0.2) is 29.7 Å². The Balaban J connectivity index is 1.67. The number of hydrogen-bond donors (Lipinski definition) is 2. The number of benzene rings is 1. The van der Waals surface area contributed by atoms with Gasteiger partial charge in [-0.2, -0.15) is 5.10 Å². The maximum atomic E-state index is 13.8. The Morgan fingerprint density at radius 2 is 2.03 bits per heavy atom. The SMILES string of the molecule is C=c1[nH]nc(-c2cc3c(-c4cccc(F)c4)cncc3[nH]2)/c1=C/C(=C\C)c1cnc(C)n1C. The van der Waals surface area contributed by atoms with Crippen molar-refractivity contribution in [3.05, 3.63) is 82.9 Å². The zero-order chi connectivity index (χ0) is 23.1. The minimum absolute atomic E-state index is 0.282.